The van der Waals surface area contributed by atoms with Gasteiger partial charge in [0.15, 0.2) is 0 Å². The van der Waals surface area contributed by atoms with Gasteiger partial charge < -0.3 is 9.47 Å². The lowest BCUT2D eigenvalue weighted by molar-refractivity contribution is -0.322. The van der Waals surface area contributed by atoms with Crippen LogP contribution in [0.3, 0.4) is 0 Å². The molecule has 3 fully saturated rings. The summed E-state index contributed by atoms with van der Waals surface area (Å²) in [7, 11) is 0. The molecule has 21 heavy (non-hydrogen) atoms. The van der Waals surface area contributed by atoms with Crippen LogP contribution in [0.1, 0.15) is 52.5 Å². The van der Waals surface area contributed by atoms with Crippen molar-refractivity contribution in [1.82, 2.24) is 0 Å². The van der Waals surface area contributed by atoms with Gasteiger partial charge >= 0.3 is 0 Å². The number of hydrogen-bond donors (Lipinski definition) is 0. The van der Waals surface area contributed by atoms with Crippen LogP contribution in [-0.2, 0) is 16.1 Å². The average Bonchev–Trinajstić information content (AvgIpc) is 2.39. The molecule has 0 spiro atoms. The van der Waals surface area contributed by atoms with E-state index in [9.17, 15) is 4.39 Å². The Morgan fingerprint density at radius 3 is 2.57 bits per heavy atom. The number of rotatable bonds is 3. The molecule has 0 radical (unpaired) electrons. The van der Waals surface area contributed by atoms with Gasteiger partial charge in [-0.1, -0.05) is 18.2 Å². The lowest BCUT2D eigenvalue weighted by Crippen LogP contribution is -2.67. The number of halogens is 1. The van der Waals surface area contributed by atoms with Gasteiger partial charge in [0.05, 0.1) is 23.4 Å². The van der Waals surface area contributed by atoms with Gasteiger partial charge in [-0.05, 0) is 58.9 Å². The van der Waals surface area contributed by atoms with Crippen LogP contribution in [0.4, 0.5) is 4.39 Å². The Balaban J connectivity index is 1.78. The Kier molecular flexibility index (Phi) is 3.42. The predicted octanol–water partition coefficient (Wildman–Crippen LogP) is 4.47. The summed E-state index contributed by atoms with van der Waals surface area (Å²) in [5.74, 6) is 0.304. The van der Waals surface area contributed by atoms with Crippen molar-refractivity contribution in [2.75, 3.05) is 0 Å². The lowest BCUT2D eigenvalue weighted by atomic mass is 9.61. The van der Waals surface area contributed by atoms with E-state index in [-0.39, 0.29) is 22.6 Å². The summed E-state index contributed by atoms with van der Waals surface area (Å²) in [5, 5.41) is 0. The first-order valence-corrected chi connectivity index (χ1v) is 7.83. The van der Waals surface area contributed by atoms with Gasteiger partial charge in [-0.25, -0.2) is 4.39 Å². The molecule has 0 aromatic heterocycles. The van der Waals surface area contributed by atoms with Gasteiger partial charge in [-0.2, -0.15) is 0 Å². The van der Waals surface area contributed by atoms with Crippen LogP contribution >= 0.6 is 0 Å². The molecule has 3 heteroatoms. The van der Waals surface area contributed by atoms with E-state index in [1.165, 1.54) is 12.5 Å². The third-order valence-corrected chi connectivity index (χ3v) is 5.70. The van der Waals surface area contributed by atoms with Gasteiger partial charge in [0.25, 0.3) is 0 Å². The molecule has 2 aliphatic heterocycles. The third kappa shape index (κ3) is 2.40. The molecule has 3 aliphatic rings. The van der Waals surface area contributed by atoms with E-state index >= 15 is 0 Å². The van der Waals surface area contributed by atoms with Crippen LogP contribution < -0.4 is 0 Å². The summed E-state index contributed by atoms with van der Waals surface area (Å²) in [4.78, 5) is 0. The maximum atomic E-state index is 13.8. The van der Waals surface area contributed by atoms with Crippen molar-refractivity contribution in [3.05, 3.63) is 35.6 Å². The maximum absolute atomic E-state index is 13.8. The normalized spacial score (nSPS) is 37.7. The summed E-state index contributed by atoms with van der Waals surface area (Å²) >= 11 is 0. The second kappa shape index (κ2) is 4.79. The summed E-state index contributed by atoms with van der Waals surface area (Å²) in [6, 6.07) is 6.82. The van der Waals surface area contributed by atoms with Gasteiger partial charge in [0.2, 0.25) is 0 Å². The van der Waals surface area contributed by atoms with E-state index in [2.05, 4.69) is 27.7 Å². The first-order valence-electron chi connectivity index (χ1n) is 7.83. The van der Waals surface area contributed by atoms with Crippen LogP contribution in [0.2, 0.25) is 0 Å². The zero-order valence-corrected chi connectivity index (χ0v) is 13.4. The van der Waals surface area contributed by atoms with Crippen LogP contribution in [0.5, 0.6) is 0 Å². The molecule has 116 valence electrons. The minimum atomic E-state index is -0.353. The first-order chi connectivity index (χ1) is 9.76. The standard InChI is InChI=1S/C18H25FO2/c1-16(2)14-9-10-17(3,21-16)18(4,11-14)20-12-13-7-5-6-8-15(13)19/h5-8,14H,9-12H2,1-4H3. The smallest absolute Gasteiger partial charge is 0.128 e. The van der Waals surface area contributed by atoms with Gasteiger partial charge in [0.1, 0.15) is 5.82 Å². The Hall–Kier alpha value is -0.930. The molecule has 0 amide bonds. The van der Waals surface area contributed by atoms with Crippen LogP contribution in [0, 0.1) is 11.7 Å². The quantitative estimate of drug-likeness (QED) is 0.818. The summed E-state index contributed by atoms with van der Waals surface area (Å²) in [6.45, 7) is 8.91. The molecule has 2 bridgehead atoms. The van der Waals surface area contributed by atoms with Gasteiger partial charge in [-0.15, -0.1) is 0 Å². The molecule has 2 saturated heterocycles. The van der Waals surface area contributed by atoms with Crippen molar-refractivity contribution in [2.45, 2.75) is 70.4 Å². The molecular weight excluding hydrogens is 267 g/mol. The fraction of sp³-hybridized carbons (Fsp3) is 0.667. The minimum absolute atomic E-state index is 0.0894. The largest absolute Gasteiger partial charge is 0.367 e. The topological polar surface area (TPSA) is 18.5 Å². The Morgan fingerprint density at radius 1 is 1.24 bits per heavy atom. The average molecular weight is 292 g/mol. The molecule has 2 nitrogen and oxygen atoms in total. The molecule has 3 unspecified atom stereocenters. The Labute approximate surface area is 126 Å². The molecule has 4 rings (SSSR count). The van der Waals surface area contributed by atoms with E-state index in [1.807, 2.05) is 6.07 Å². The highest BCUT2D eigenvalue weighted by Crippen LogP contribution is 2.55. The molecule has 2 heterocycles. The SMILES string of the molecule is CC1(C)OC2(C)CCC1CC2(C)OCc1ccccc1F. The van der Waals surface area contributed by atoms with E-state index in [0.717, 1.165) is 12.8 Å². The predicted molar refractivity (Wildman–Crippen MR) is 80.5 cm³/mol. The van der Waals surface area contributed by atoms with E-state index < -0.39 is 0 Å². The van der Waals surface area contributed by atoms with E-state index in [4.69, 9.17) is 9.47 Å². The number of hydrogen-bond acceptors (Lipinski definition) is 2. The fourth-order valence-electron chi connectivity index (χ4n) is 3.98. The van der Waals surface area contributed by atoms with Crippen molar-refractivity contribution in [3.63, 3.8) is 0 Å². The highest BCUT2D eigenvalue weighted by Gasteiger charge is 2.60. The van der Waals surface area contributed by atoms with Gasteiger partial charge in [0, 0.05) is 5.56 Å². The summed E-state index contributed by atoms with van der Waals surface area (Å²) < 4.78 is 26.3. The first kappa shape index (κ1) is 15.0. The van der Waals surface area contributed by atoms with Crippen molar-refractivity contribution in [2.24, 2.45) is 5.92 Å². The maximum Gasteiger partial charge on any atom is 0.128 e. The highest BCUT2D eigenvalue weighted by molar-refractivity contribution is 5.17. The third-order valence-electron chi connectivity index (χ3n) is 5.70. The second-order valence-electron chi connectivity index (χ2n) is 7.49. The van der Waals surface area contributed by atoms with E-state index in [1.54, 1.807) is 12.1 Å². The molecule has 1 aromatic rings. The molecular formula is C18H25FO2. The molecule has 1 saturated carbocycles. The number of fused-ring (bicyclic) bond motifs is 3. The van der Waals surface area contributed by atoms with E-state index in [0.29, 0.717) is 18.1 Å². The fourth-order valence-corrected chi connectivity index (χ4v) is 3.98. The molecule has 0 N–H and O–H groups in total. The zero-order chi connectivity index (χ0) is 15.3. The monoisotopic (exact) mass is 292 g/mol. The van der Waals surface area contributed by atoms with Gasteiger partial charge in [-0.3, -0.25) is 0 Å². The number of ether oxygens (including phenoxy) is 2. The van der Waals surface area contributed by atoms with Crippen LogP contribution in [0.25, 0.3) is 0 Å². The minimum Gasteiger partial charge on any atom is -0.367 e. The van der Waals surface area contributed by atoms with Crippen molar-refractivity contribution < 1.29 is 13.9 Å². The zero-order valence-electron chi connectivity index (χ0n) is 13.4. The lowest BCUT2D eigenvalue weighted by Gasteiger charge is -2.62. The number of benzene rings is 1. The van der Waals surface area contributed by atoms with Crippen LogP contribution in [0.15, 0.2) is 24.3 Å². The van der Waals surface area contributed by atoms with Crippen molar-refractivity contribution in [3.8, 4) is 0 Å². The van der Waals surface area contributed by atoms with Crippen molar-refractivity contribution in [1.29, 1.82) is 0 Å². The summed E-state index contributed by atoms with van der Waals surface area (Å²) in [6.07, 6.45) is 3.17. The van der Waals surface area contributed by atoms with Crippen molar-refractivity contribution >= 4 is 0 Å². The molecule has 1 aromatic carbocycles. The van der Waals surface area contributed by atoms with Crippen LogP contribution in [-0.4, -0.2) is 16.8 Å². The highest BCUT2D eigenvalue weighted by atomic mass is 19.1. The Morgan fingerprint density at radius 2 is 1.95 bits per heavy atom. The molecule has 3 atom stereocenters. The summed E-state index contributed by atoms with van der Waals surface area (Å²) in [5.41, 5.74) is -0.124. The Bertz CT molecular complexity index is 542. The molecule has 1 aliphatic carbocycles. The second-order valence-corrected chi connectivity index (χ2v) is 7.49.